The lowest BCUT2D eigenvalue weighted by molar-refractivity contribution is -0.116. The van der Waals surface area contributed by atoms with Crippen LogP contribution in [0.15, 0.2) is 120 Å². The van der Waals surface area contributed by atoms with Crippen LogP contribution in [0.3, 0.4) is 0 Å². The molecule has 0 atom stereocenters. The number of hydrogen-bond donors (Lipinski definition) is 2. The van der Waals surface area contributed by atoms with E-state index in [1.165, 1.54) is 0 Å². The SMILES string of the molecule is O=C1NC(=O)/C(=C/c2ccc3nccc(-c4ccncc4)c3c2)S1.O=C1NC(=O)/C(=C/c2ccc3nccc(-c4ccncc4)c3c2)S1. The predicted octanol–water partition coefficient (Wildman–Crippen LogP) is 7.24. The summed E-state index contributed by atoms with van der Waals surface area (Å²) in [4.78, 5) is 63.6. The van der Waals surface area contributed by atoms with E-state index in [2.05, 4.69) is 30.6 Å². The van der Waals surface area contributed by atoms with Crippen molar-refractivity contribution in [1.29, 1.82) is 0 Å². The summed E-state index contributed by atoms with van der Waals surface area (Å²) < 4.78 is 0. The van der Waals surface area contributed by atoms with Crippen molar-refractivity contribution < 1.29 is 19.2 Å². The molecule has 2 aromatic carbocycles. The Hall–Kier alpha value is -5.98. The van der Waals surface area contributed by atoms with Crippen LogP contribution in [0.5, 0.6) is 0 Å². The molecule has 2 aliphatic heterocycles. The molecule has 10 nitrogen and oxygen atoms in total. The van der Waals surface area contributed by atoms with Gasteiger partial charge in [0.25, 0.3) is 22.3 Å². The van der Waals surface area contributed by atoms with Crippen LogP contribution in [-0.2, 0) is 9.59 Å². The van der Waals surface area contributed by atoms with Gasteiger partial charge < -0.3 is 0 Å². The van der Waals surface area contributed by atoms with Gasteiger partial charge in [-0.3, -0.25) is 49.7 Å². The van der Waals surface area contributed by atoms with E-state index in [1.807, 2.05) is 72.8 Å². The van der Waals surface area contributed by atoms with Crippen molar-refractivity contribution >= 4 is 79.8 Å². The summed E-state index contributed by atoms with van der Waals surface area (Å²) in [6, 6.07) is 23.2. The molecule has 2 fully saturated rings. The maximum atomic E-state index is 11.7. The number of fused-ring (bicyclic) bond motifs is 2. The van der Waals surface area contributed by atoms with E-state index in [-0.39, 0.29) is 22.3 Å². The summed E-state index contributed by atoms with van der Waals surface area (Å²) in [5.41, 5.74) is 7.61. The molecule has 0 aliphatic carbocycles. The molecule has 6 aromatic rings. The Morgan fingerprint density at radius 3 is 1.29 bits per heavy atom. The van der Waals surface area contributed by atoms with Crippen LogP contribution in [0, 0.1) is 0 Å². The number of benzene rings is 2. The summed E-state index contributed by atoms with van der Waals surface area (Å²) >= 11 is 1.82. The fourth-order valence-electron chi connectivity index (χ4n) is 5.22. The van der Waals surface area contributed by atoms with Crippen molar-refractivity contribution in [3.05, 3.63) is 131 Å². The lowest BCUT2D eigenvalue weighted by Crippen LogP contribution is -2.17. The molecular formula is C36H22N6O4S2. The molecule has 0 saturated carbocycles. The number of aromatic nitrogens is 4. The van der Waals surface area contributed by atoms with Gasteiger partial charge in [-0.1, -0.05) is 12.1 Å². The Labute approximate surface area is 281 Å². The topological polar surface area (TPSA) is 144 Å². The van der Waals surface area contributed by atoms with Crippen molar-refractivity contribution in [3.63, 3.8) is 0 Å². The summed E-state index contributed by atoms with van der Waals surface area (Å²) in [6.07, 6.45) is 14.0. The lowest BCUT2D eigenvalue weighted by Gasteiger charge is -2.07. The van der Waals surface area contributed by atoms with Gasteiger partial charge in [0.2, 0.25) is 0 Å². The van der Waals surface area contributed by atoms with Gasteiger partial charge >= 0.3 is 0 Å². The van der Waals surface area contributed by atoms with Gasteiger partial charge in [-0.15, -0.1) is 0 Å². The number of amides is 4. The molecule has 2 N–H and O–H groups in total. The van der Waals surface area contributed by atoms with Crippen molar-refractivity contribution in [2.75, 3.05) is 0 Å². The highest BCUT2D eigenvalue weighted by Gasteiger charge is 2.26. The second-order valence-corrected chi connectivity index (χ2v) is 12.5. The fourth-order valence-corrected chi connectivity index (χ4v) is 6.58. The van der Waals surface area contributed by atoms with Crippen LogP contribution in [0.2, 0.25) is 0 Å². The molecular weight excluding hydrogens is 645 g/mol. The first-order chi connectivity index (χ1) is 23.4. The first kappa shape index (κ1) is 30.7. The molecule has 2 aliphatic rings. The molecule has 232 valence electrons. The zero-order valence-electron chi connectivity index (χ0n) is 24.8. The van der Waals surface area contributed by atoms with E-state index in [0.717, 1.165) is 78.7 Å². The summed E-state index contributed by atoms with van der Waals surface area (Å²) in [5.74, 6) is -0.712. The molecule has 0 bridgehead atoms. The average Bonchev–Trinajstić information content (AvgIpc) is 3.61. The van der Waals surface area contributed by atoms with E-state index in [9.17, 15) is 19.2 Å². The van der Waals surface area contributed by atoms with Gasteiger partial charge in [0.15, 0.2) is 0 Å². The number of hydrogen-bond acceptors (Lipinski definition) is 10. The van der Waals surface area contributed by atoms with Crippen molar-refractivity contribution in [3.8, 4) is 22.3 Å². The molecule has 6 heterocycles. The van der Waals surface area contributed by atoms with Gasteiger partial charge in [-0.2, -0.15) is 0 Å². The molecule has 12 heteroatoms. The lowest BCUT2D eigenvalue weighted by atomic mass is 10.0. The minimum Gasteiger partial charge on any atom is -0.282 e. The monoisotopic (exact) mass is 666 g/mol. The smallest absolute Gasteiger partial charge is 0.282 e. The minimum atomic E-state index is -0.356. The van der Waals surface area contributed by atoms with Crippen molar-refractivity contribution in [1.82, 2.24) is 30.6 Å². The number of rotatable bonds is 4. The highest BCUT2D eigenvalue weighted by molar-refractivity contribution is 8.18. The quantitative estimate of drug-likeness (QED) is 0.185. The van der Waals surface area contributed by atoms with Gasteiger partial charge in [0.1, 0.15) is 0 Å². The van der Waals surface area contributed by atoms with Crippen LogP contribution in [0.25, 0.3) is 56.2 Å². The maximum Gasteiger partial charge on any atom is 0.290 e. The van der Waals surface area contributed by atoms with Crippen LogP contribution in [-0.4, -0.2) is 42.2 Å². The van der Waals surface area contributed by atoms with E-state index in [1.54, 1.807) is 49.3 Å². The number of thioether (sulfide) groups is 2. The highest BCUT2D eigenvalue weighted by Crippen LogP contribution is 2.32. The fraction of sp³-hybridized carbons (Fsp3) is 0. The third kappa shape index (κ3) is 6.61. The zero-order valence-corrected chi connectivity index (χ0v) is 26.4. The summed E-state index contributed by atoms with van der Waals surface area (Å²) in [7, 11) is 0. The van der Waals surface area contributed by atoms with E-state index < -0.39 is 0 Å². The van der Waals surface area contributed by atoms with Crippen LogP contribution < -0.4 is 10.6 Å². The molecule has 2 saturated heterocycles. The molecule has 4 aromatic heterocycles. The van der Waals surface area contributed by atoms with Gasteiger partial charge in [0, 0.05) is 48.0 Å². The normalized spacial score (nSPS) is 15.9. The largest absolute Gasteiger partial charge is 0.290 e. The number of pyridine rings is 4. The number of nitrogens with one attached hydrogen (secondary N) is 2. The van der Waals surface area contributed by atoms with Gasteiger partial charge in [-0.05, 0) is 130 Å². The number of imide groups is 2. The molecule has 0 unspecified atom stereocenters. The summed E-state index contributed by atoms with van der Waals surface area (Å²) in [5, 5.41) is 5.79. The van der Waals surface area contributed by atoms with Crippen LogP contribution in [0.4, 0.5) is 9.59 Å². The second-order valence-electron chi connectivity index (χ2n) is 10.4. The second kappa shape index (κ2) is 13.4. The van der Waals surface area contributed by atoms with Crippen LogP contribution in [0.1, 0.15) is 11.1 Å². The van der Waals surface area contributed by atoms with Gasteiger partial charge in [0.05, 0.1) is 20.8 Å². The van der Waals surface area contributed by atoms with Crippen molar-refractivity contribution in [2.24, 2.45) is 0 Å². The predicted molar refractivity (Wildman–Crippen MR) is 188 cm³/mol. The molecule has 4 amide bonds. The molecule has 8 rings (SSSR count). The Bertz CT molecular complexity index is 2160. The summed E-state index contributed by atoms with van der Waals surface area (Å²) in [6.45, 7) is 0. The Balaban J connectivity index is 0.000000152. The average molecular weight is 667 g/mol. The third-order valence-corrected chi connectivity index (χ3v) is 9.01. The Kier molecular flexibility index (Phi) is 8.56. The number of nitrogens with zero attached hydrogens (tertiary/aromatic N) is 4. The molecule has 0 spiro atoms. The first-order valence-electron chi connectivity index (χ1n) is 14.5. The Morgan fingerprint density at radius 1 is 0.500 bits per heavy atom. The minimum absolute atomic E-state index is 0.341. The standard InChI is InChI=1S/2C18H11N3O2S/c2*22-17-16(24-18(23)21-17)10-11-1-2-15-14(9-11)13(5-8-20-15)12-3-6-19-7-4-12/h2*1-10H,(H,21,22,23)/b2*16-10-. The molecule has 0 radical (unpaired) electrons. The van der Waals surface area contributed by atoms with Crippen molar-refractivity contribution in [2.45, 2.75) is 0 Å². The number of carbonyl (C=O) groups is 4. The van der Waals surface area contributed by atoms with E-state index >= 15 is 0 Å². The highest BCUT2D eigenvalue weighted by atomic mass is 32.2. The number of carbonyl (C=O) groups excluding carboxylic acids is 4. The third-order valence-electron chi connectivity index (χ3n) is 7.39. The van der Waals surface area contributed by atoms with Gasteiger partial charge in [-0.25, -0.2) is 0 Å². The zero-order chi connectivity index (χ0) is 33.0. The van der Waals surface area contributed by atoms with E-state index in [4.69, 9.17) is 0 Å². The Morgan fingerprint density at radius 2 is 0.917 bits per heavy atom. The van der Waals surface area contributed by atoms with Crippen LogP contribution >= 0.6 is 23.5 Å². The first-order valence-corrected chi connectivity index (χ1v) is 16.1. The maximum absolute atomic E-state index is 11.7. The molecule has 48 heavy (non-hydrogen) atoms. The van der Waals surface area contributed by atoms with E-state index in [0.29, 0.717) is 9.81 Å².